The highest BCUT2D eigenvalue weighted by Crippen LogP contribution is 2.39. The van der Waals surface area contributed by atoms with Crippen molar-refractivity contribution >= 4 is 27.1 Å². The van der Waals surface area contributed by atoms with Crippen LogP contribution in [0.4, 0.5) is 18.9 Å². The summed E-state index contributed by atoms with van der Waals surface area (Å²) in [7, 11) is -2.89. The van der Waals surface area contributed by atoms with Crippen molar-refractivity contribution in [1.82, 2.24) is 9.88 Å². The van der Waals surface area contributed by atoms with E-state index in [-0.39, 0.29) is 5.75 Å². The number of hydrogen-bond acceptors (Lipinski definition) is 6. The van der Waals surface area contributed by atoms with Crippen molar-refractivity contribution in [1.29, 1.82) is 0 Å². The molecule has 0 unspecified atom stereocenters. The van der Waals surface area contributed by atoms with Crippen molar-refractivity contribution < 1.29 is 31.5 Å². The lowest BCUT2D eigenvalue weighted by Crippen LogP contribution is -2.36. The molecule has 192 valence electrons. The summed E-state index contributed by atoms with van der Waals surface area (Å²) in [5, 5.41) is 7.12. The number of nitrogens with two attached hydrogens (primary N) is 1. The molecular weight excluding hydrogens is 471 g/mol. The van der Waals surface area contributed by atoms with E-state index < -0.39 is 22.0 Å². The van der Waals surface area contributed by atoms with Crippen LogP contribution in [-0.4, -0.2) is 67.2 Å². The summed E-state index contributed by atoms with van der Waals surface area (Å²) in [6.45, 7) is 7.11. The lowest BCUT2D eigenvalue weighted by molar-refractivity contribution is -0.192. The SMILES string of the molecule is CC1(C)CC=C(c2nc(C3CCN(CCS(C)(=O)=O)CC3)ccc2N)CC1.O=C(O)C(F)(F)F. The van der Waals surface area contributed by atoms with E-state index in [4.69, 9.17) is 20.6 Å². The molecule has 11 heteroatoms. The van der Waals surface area contributed by atoms with Crippen LogP contribution in [0.25, 0.3) is 5.57 Å². The molecular formula is C23H34F3N3O4S. The molecule has 1 aliphatic heterocycles. The number of anilines is 1. The lowest BCUT2D eigenvalue weighted by Gasteiger charge is -2.32. The van der Waals surface area contributed by atoms with Gasteiger partial charge in [0, 0.05) is 24.4 Å². The van der Waals surface area contributed by atoms with Gasteiger partial charge in [-0.15, -0.1) is 0 Å². The second kappa shape index (κ2) is 11.1. The van der Waals surface area contributed by atoms with Crippen molar-refractivity contribution in [3.63, 3.8) is 0 Å². The predicted octanol–water partition coefficient (Wildman–Crippen LogP) is 4.11. The topological polar surface area (TPSA) is 114 Å². The molecule has 1 aliphatic carbocycles. The number of halogens is 3. The Labute approximate surface area is 199 Å². The second-order valence-corrected chi connectivity index (χ2v) is 12.1. The molecule has 0 spiro atoms. The van der Waals surface area contributed by atoms with Crippen LogP contribution in [0.5, 0.6) is 0 Å². The number of hydrogen-bond donors (Lipinski definition) is 2. The zero-order valence-electron chi connectivity index (χ0n) is 19.9. The summed E-state index contributed by atoms with van der Waals surface area (Å²) in [5.41, 5.74) is 10.8. The molecule has 0 amide bonds. The fraction of sp³-hybridized carbons (Fsp3) is 0.652. The van der Waals surface area contributed by atoms with Gasteiger partial charge in [-0.1, -0.05) is 19.9 Å². The van der Waals surface area contributed by atoms with Crippen LogP contribution in [-0.2, 0) is 14.6 Å². The van der Waals surface area contributed by atoms with Crippen LogP contribution in [0.1, 0.15) is 63.3 Å². The number of pyridine rings is 1. The number of rotatable bonds is 5. The first kappa shape index (κ1) is 28.1. The molecule has 0 atom stereocenters. The summed E-state index contributed by atoms with van der Waals surface area (Å²) >= 11 is 0. The zero-order chi connectivity index (χ0) is 25.7. The van der Waals surface area contributed by atoms with E-state index in [1.54, 1.807) is 0 Å². The minimum Gasteiger partial charge on any atom is -0.475 e. The van der Waals surface area contributed by atoms with Gasteiger partial charge in [0.2, 0.25) is 0 Å². The predicted molar refractivity (Wildman–Crippen MR) is 126 cm³/mol. The van der Waals surface area contributed by atoms with Crippen molar-refractivity contribution in [2.45, 2.75) is 58.0 Å². The Morgan fingerprint density at radius 3 is 2.32 bits per heavy atom. The summed E-state index contributed by atoms with van der Waals surface area (Å²) in [5.74, 6) is -2.08. The minimum absolute atomic E-state index is 0.242. The number of carboxylic acids is 1. The fourth-order valence-electron chi connectivity index (χ4n) is 4.01. The Kier molecular flexibility index (Phi) is 9.15. The maximum atomic E-state index is 11.4. The van der Waals surface area contributed by atoms with E-state index in [1.165, 1.54) is 18.2 Å². The Morgan fingerprint density at radius 1 is 1.26 bits per heavy atom. The molecule has 3 N–H and O–H groups in total. The number of alkyl halides is 3. The standard InChI is InChI=1S/C21H33N3O2S.C2HF3O2/c1-21(2)10-6-17(7-11-21)20-18(22)4-5-19(23-20)16-8-12-24(13-9-16)14-15-27(3,25)26;3-2(4,5)1(6)7/h4-6,16H,7-15,22H2,1-3H3;(H,6,7). The molecule has 1 fully saturated rings. The van der Waals surface area contributed by atoms with Crippen molar-refractivity contribution in [2.75, 3.05) is 37.4 Å². The number of allylic oxidation sites excluding steroid dienone is 2. The number of sulfone groups is 1. The first-order valence-electron chi connectivity index (χ1n) is 11.2. The highest BCUT2D eigenvalue weighted by Gasteiger charge is 2.38. The smallest absolute Gasteiger partial charge is 0.475 e. The van der Waals surface area contributed by atoms with Gasteiger partial charge < -0.3 is 15.7 Å². The van der Waals surface area contributed by atoms with Gasteiger partial charge in [0.15, 0.2) is 0 Å². The number of aromatic nitrogens is 1. The molecule has 1 aromatic rings. The summed E-state index contributed by atoms with van der Waals surface area (Å²) < 4.78 is 54.5. The number of nitrogens with zero attached hydrogens (tertiary/aromatic N) is 2. The molecule has 0 saturated carbocycles. The van der Waals surface area contributed by atoms with Crippen LogP contribution in [0.2, 0.25) is 0 Å². The Morgan fingerprint density at radius 2 is 1.85 bits per heavy atom. The average molecular weight is 506 g/mol. The minimum atomic E-state index is -5.08. The highest BCUT2D eigenvalue weighted by molar-refractivity contribution is 7.90. The molecule has 2 aliphatic rings. The largest absolute Gasteiger partial charge is 0.490 e. The Balaban J connectivity index is 0.000000509. The molecule has 34 heavy (non-hydrogen) atoms. The molecule has 0 bridgehead atoms. The zero-order valence-corrected chi connectivity index (χ0v) is 20.7. The summed E-state index contributed by atoms with van der Waals surface area (Å²) in [6.07, 6.45) is 3.87. The average Bonchev–Trinajstić information content (AvgIpc) is 2.73. The molecule has 0 aromatic carbocycles. The van der Waals surface area contributed by atoms with Crippen LogP contribution < -0.4 is 5.73 Å². The third-order valence-corrected chi connectivity index (χ3v) is 7.18. The molecule has 2 heterocycles. The number of carbonyl (C=O) groups is 1. The van der Waals surface area contributed by atoms with Gasteiger partial charge in [-0.25, -0.2) is 13.2 Å². The number of piperidine rings is 1. The molecule has 1 saturated heterocycles. The third kappa shape index (κ3) is 8.90. The monoisotopic (exact) mass is 505 g/mol. The van der Waals surface area contributed by atoms with E-state index in [1.807, 2.05) is 6.07 Å². The maximum Gasteiger partial charge on any atom is 0.490 e. The van der Waals surface area contributed by atoms with E-state index in [0.29, 0.717) is 17.9 Å². The van der Waals surface area contributed by atoms with E-state index in [9.17, 15) is 21.6 Å². The maximum absolute atomic E-state index is 11.4. The van der Waals surface area contributed by atoms with Crippen molar-refractivity contribution in [2.24, 2.45) is 5.41 Å². The fourth-order valence-corrected chi connectivity index (χ4v) is 4.60. The number of carboxylic acid groups (broad SMARTS) is 1. The van der Waals surface area contributed by atoms with Gasteiger partial charge in [-0.3, -0.25) is 4.98 Å². The van der Waals surface area contributed by atoms with Gasteiger partial charge in [-0.2, -0.15) is 13.2 Å². The van der Waals surface area contributed by atoms with Crippen molar-refractivity contribution in [3.05, 3.63) is 29.6 Å². The highest BCUT2D eigenvalue weighted by atomic mass is 32.2. The Hall–Kier alpha value is -2.14. The van der Waals surface area contributed by atoms with Crippen LogP contribution >= 0.6 is 0 Å². The van der Waals surface area contributed by atoms with E-state index in [0.717, 1.165) is 55.8 Å². The van der Waals surface area contributed by atoms with Gasteiger partial charge in [0.1, 0.15) is 9.84 Å². The first-order valence-corrected chi connectivity index (χ1v) is 13.3. The van der Waals surface area contributed by atoms with Gasteiger partial charge in [-0.05, 0) is 68.3 Å². The third-order valence-electron chi connectivity index (χ3n) is 6.25. The second-order valence-electron chi connectivity index (χ2n) is 9.82. The summed E-state index contributed by atoms with van der Waals surface area (Å²) in [4.78, 5) is 16.1. The first-order chi connectivity index (χ1) is 15.6. The molecule has 3 rings (SSSR count). The molecule has 0 radical (unpaired) electrons. The number of likely N-dealkylation sites (tertiary alicyclic amines) is 1. The molecule has 1 aromatic heterocycles. The van der Waals surface area contributed by atoms with Gasteiger partial charge >= 0.3 is 12.1 Å². The normalized spacial score (nSPS) is 19.6. The van der Waals surface area contributed by atoms with E-state index >= 15 is 0 Å². The van der Waals surface area contributed by atoms with Gasteiger partial charge in [0.05, 0.1) is 17.1 Å². The number of nitrogen functional groups attached to an aromatic ring is 1. The van der Waals surface area contributed by atoms with Crippen LogP contribution in [0.15, 0.2) is 18.2 Å². The van der Waals surface area contributed by atoms with Crippen LogP contribution in [0.3, 0.4) is 0 Å². The molecule has 7 nitrogen and oxygen atoms in total. The van der Waals surface area contributed by atoms with Crippen molar-refractivity contribution in [3.8, 4) is 0 Å². The van der Waals surface area contributed by atoms with E-state index in [2.05, 4.69) is 30.9 Å². The van der Waals surface area contributed by atoms with Crippen LogP contribution in [0, 0.1) is 5.41 Å². The van der Waals surface area contributed by atoms with Gasteiger partial charge in [0.25, 0.3) is 0 Å². The lowest BCUT2D eigenvalue weighted by atomic mass is 9.77. The quantitative estimate of drug-likeness (QED) is 0.619. The number of aliphatic carboxylic acids is 1. The summed E-state index contributed by atoms with van der Waals surface area (Å²) in [6, 6.07) is 4.08. The Bertz CT molecular complexity index is 999.